The molecule has 128 valence electrons. The molecule has 0 radical (unpaired) electrons. The number of carbonyl (C=O) groups is 2. The van der Waals surface area contributed by atoms with Crippen LogP contribution in [0.5, 0.6) is 5.75 Å². The minimum atomic E-state index is -0.863. The molecule has 4 rings (SSSR count). The molecule has 1 N–H and O–H groups in total. The van der Waals surface area contributed by atoms with Crippen molar-refractivity contribution in [1.29, 1.82) is 0 Å². The van der Waals surface area contributed by atoms with Gasteiger partial charge in [0.25, 0.3) is 0 Å². The lowest BCUT2D eigenvalue weighted by molar-refractivity contribution is -0.150. The molecule has 2 aliphatic heterocycles. The average molecular weight is 329 g/mol. The number of rotatable bonds is 2. The van der Waals surface area contributed by atoms with Crippen molar-refractivity contribution in [2.45, 2.75) is 56.5 Å². The van der Waals surface area contributed by atoms with Gasteiger partial charge in [0.05, 0.1) is 12.5 Å². The van der Waals surface area contributed by atoms with Crippen molar-refractivity contribution in [2.75, 3.05) is 6.61 Å². The van der Waals surface area contributed by atoms with Gasteiger partial charge in [0.1, 0.15) is 11.8 Å². The summed E-state index contributed by atoms with van der Waals surface area (Å²) in [6.07, 6.45) is 5.44. The summed E-state index contributed by atoms with van der Waals surface area (Å²) in [4.78, 5) is 26.8. The van der Waals surface area contributed by atoms with E-state index in [2.05, 4.69) is 0 Å². The van der Waals surface area contributed by atoms with Gasteiger partial charge in [0.15, 0.2) is 0 Å². The second-order valence-corrected chi connectivity index (χ2v) is 7.17. The third kappa shape index (κ3) is 2.46. The molecule has 1 aromatic rings. The Morgan fingerprint density at radius 3 is 2.75 bits per heavy atom. The van der Waals surface area contributed by atoms with E-state index < -0.39 is 12.0 Å². The summed E-state index contributed by atoms with van der Waals surface area (Å²) in [7, 11) is 0. The van der Waals surface area contributed by atoms with Gasteiger partial charge in [-0.15, -0.1) is 0 Å². The molecule has 5 nitrogen and oxygen atoms in total. The van der Waals surface area contributed by atoms with Crippen molar-refractivity contribution < 1.29 is 19.4 Å². The number of aliphatic carboxylic acids is 1. The van der Waals surface area contributed by atoms with Crippen LogP contribution in [0.2, 0.25) is 0 Å². The summed E-state index contributed by atoms with van der Waals surface area (Å²) in [6.45, 7) is 0.507. The van der Waals surface area contributed by atoms with Crippen molar-refractivity contribution in [1.82, 2.24) is 4.90 Å². The molecule has 1 amide bonds. The summed E-state index contributed by atoms with van der Waals surface area (Å²) in [5, 5.41) is 9.65. The summed E-state index contributed by atoms with van der Waals surface area (Å²) in [6, 6.07) is 7.06. The predicted molar refractivity (Wildman–Crippen MR) is 87.9 cm³/mol. The van der Waals surface area contributed by atoms with Gasteiger partial charge in [-0.2, -0.15) is 0 Å². The maximum Gasteiger partial charge on any atom is 0.326 e. The molecule has 24 heavy (non-hydrogen) atoms. The molecule has 4 atom stereocenters. The van der Waals surface area contributed by atoms with Crippen molar-refractivity contribution in [3.63, 3.8) is 0 Å². The topological polar surface area (TPSA) is 66.8 Å². The Hall–Kier alpha value is -2.04. The quantitative estimate of drug-likeness (QED) is 0.906. The first-order chi connectivity index (χ1) is 11.7. The van der Waals surface area contributed by atoms with Gasteiger partial charge in [0.2, 0.25) is 5.91 Å². The number of para-hydroxylation sites is 1. The fourth-order valence-corrected chi connectivity index (χ4v) is 4.78. The third-order valence-corrected chi connectivity index (χ3v) is 5.88. The van der Waals surface area contributed by atoms with Gasteiger partial charge in [-0.25, -0.2) is 4.79 Å². The van der Waals surface area contributed by atoms with E-state index in [1.54, 1.807) is 4.90 Å². The van der Waals surface area contributed by atoms with Crippen LogP contribution in [-0.4, -0.2) is 40.6 Å². The molecule has 2 fully saturated rings. The van der Waals surface area contributed by atoms with E-state index in [4.69, 9.17) is 4.74 Å². The number of carbonyl (C=O) groups excluding carboxylic acids is 1. The smallest absolute Gasteiger partial charge is 0.326 e. The zero-order valence-electron chi connectivity index (χ0n) is 13.7. The van der Waals surface area contributed by atoms with E-state index in [0.29, 0.717) is 25.4 Å². The van der Waals surface area contributed by atoms with Crippen LogP contribution in [0, 0.1) is 5.92 Å². The predicted octanol–water partition coefficient (Wildman–Crippen LogP) is 2.80. The average Bonchev–Trinajstić information content (AvgIpc) is 3.00. The Balaban J connectivity index is 1.66. The zero-order chi connectivity index (χ0) is 16.7. The minimum Gasteiger partial charge on any atom is -0.493 e. The van der Waals surface area contributed by atoms with E-state index in [-0.39, 0.29) is 17.9 Å². The summed E-state index contributed by atoms with van der Waals surface area (Å²) in [5.74, 6) is -0.0598. The number of likely N-dealkylation sites (tertiary alicyclic amines) is 1. The Kier molecular flexibility index (Phi) is 3.94. The maximum atomic E-state index is 13.3. The second kappa shape index (κ2) is 6.11. The van der Waals surface area contributed by atoms with Crippen LogP contribution >= 0.6 is 0 Å². The van der Waals surface area contributed by atoms with Gasteiger partial charge in [0, 0.05) is 11.6 Å². The lowest BCUT2D eigenvalue weighted by Crippen LogP contribution is -2.48. The molecule has 3 aliphatic rings. The summed E-state index contributed by atoms with van der Waals surface area (Å²) < 4.78 is 5.66. The Morgan fingerprint density at radius 1 is 1.12 bits per heavy atom. The van der Waals surface area contributed by atoms with Crippen molar-refractivity contribution in [3.05, 3.63) is 29.8 Å². The van der Waals surface area contributed by atoms with Gasteiger partial charge in [-0.05, 0) is 37.7 Å². The monoisotopic (exact) mass is 329 g/mol. The van der Waals surface area contributed by atoms with Crippen LogP contribution in [0.3, 0.4) is 0 Å². The van der Waals surface area contributed by atoms with E-state index in [9.17, 15) is 14.7 Å². The number of benzene rings is 1. The van der Waals surface area contributed by atoms with Crippen LogP contribution in [0.25, 0.3) is 0 Å². The van der Waals surface area contributed by atoms with Gasteiger partial charge < -0.3 is 14.7 Å². The highest BCUT2D eigenvalue weighted by atomic mass is 16.5. The molecular weight excluding hydrogens is 306 g/mol. The van der Waals surface area contributed by atoms with E-state index >= 15 is 0 Å². The van der Waals surface area contributed by atoms with Crippen LogP contribution < -0.4 is 4.74 Å². The molecule has 2 heterocycles. The SMILES string of the molecule is O=C(O)[C@@H]1C[C@@H]2CCCC[C@@H]2N1C(=O)[C@H]1CCOc2ccccc21. The first-order valence-corrected chi connectivity index (χ1v) is 8.93. The van der Waals surface area contributed by atoms with Gasteiger partial charge in [-0.3, -0.25) is 4.79 Å². The molecule has 0 unspecified atom stereocenters. The van der Waals surface area contributed by atoms with Gasteiger partial charge in [-0.1, -0.05) is 31.0 Å². The Bertz CT molecular complexity index is 659. The van der Waals surface area contributed by atoms with E-state index in [1.165, 1.54) is 0 Å². The largest absolute Gasteiger partial charge is 0.493 e. The highest BCUT2D eigenvalue weighted by Crippen LogP contribution is 2.43. The molecule has 0 spiro atoms. The van der Waals surface area contributed by atoms with Crippen LogP contribution in [0.1, 0.15) is 50.0 Å². The number of carboxylic acids is 1. The summed E-state index contributed by atoms with van der Waals surface area (Å²) >= 11 is 0. The molecular formula is C19H23NO4. The van der Waals surface area contributed by atoms with Crippen LogP contribution in [0.4, 0.5) is 0 Å². The van der Waals surface area contributed by atoms with Crippen molar-refractivity contribution in [2.24, 2.45) is 5.92 Å². The van der Waals surface area contributed by atoms with Gasteiger partial charge >= 0.3 is 5.97 Å². The third-order valence-electron chi connectivity index (χ3n) is 5.88. The number of hydrogen-bond acceptors (Lipinski definition) is 3. The van der Waals surface area contributed by atoms with Crippen LogP contribution in [0.15, 0.2) is 24.3 Å². The zero-order valence-corrected chi connectivity index (χ0v) is 13.7. The molecule has 0 bridgehead atoms. The standard InChI is InChI=1S/C19H23NO4/c21-18(14-9-10-24-17-8-4-2-6-13(14)17)20-15-7-3-1-5-12(15)11-16(20)19(22)23/h2,4,6,8,12,14-16H,1,3,5,7,9-11H2,(H,22,23)/t12-,14-,15-,16-/m0/s1. The highest BCUT2D eigenvalue weighted by molar-refractivity contribution is 5.90. The molecule has 1 saturated heterocycles. The molecule has 1 saturated carbocycles. The highest BCUT2D eigenvalue weighted by Gasteiger charge is 2.49. The van der Waals surface area contributed by atoms with Crippen molar-refractivity contribution in [3.8, 4) is 5.75 Å². The number of nitrogens with zero attached hydrogens (tertiary/aromatic N) is 1. The van der Waals surface area contributed by atoms with Crippen molar-refractivity contribution >= 4 is 11.9 Å². The first-order valence-electron chi connectivity index (χ1n) is 8.93. The fraction of sp³-hybridized carbons (Fsp3) is 0.579. The second-order valence-electron chi connectivity index (χ2n) is 7.17. The lowest BCUT2D eigenvalue weighted by Gasteiger charge is -2.36. The molecule has 1 aromatic carbocycles. The van der Waals surface area contributed by atoms with E-state index in [1.807, 2.05) is 24.3 Å². The molecule has 0 aromatic heterocycles. The normalized spacial score (nSPS) is 31.8. The van der Waals surface area contributed by atoms with E-state index in [0.717, 1.165) is 37.0 Å². The maximum absolute atomic E-state index is 13.3. The number of amides is 1. The molecule has 5 heteroatoms. The fourth-order valence-electron chi connectivity index (χ4n) is 4.78. The van der Waals surface area contributed by atoms with Crippen LogP contribution in [-0.2, 0) is 9.59 Å². The number of carboxylic acid groups (broad SMARTS) is 1. The Morgan fingerprint density at radius 2 is 1.92 bits per heavy atom. The Labute approximate surface area is 141 Å². The summed E-state index contributed by atoms with van der Waals surface area (Å²) in [5.41, 5.74) is 0.900. The molecule has 1 aliphatic carbocycles. The number of fused-ring (bicyclic) bond motifs is 2. The number of hydrogen-bond donors (Lipinski definition) is 1. The lowest BCUT2D eigenvalue weighted by atomic mass is 9.84. The first kappa shape index (κ1) is 15.5. The minimum absolute atomic E-state index is 0.0208. The number of ether oxygens (including phenoxy) is 1.